The average Bonchev–Trinajstić information content (AvgIpc) is 3.22. The molecule has 6 nitrogen and oxygen atoms in total. The predicted octanol–water partition coefficient (Wildman–Crippen LogP) is 4.26. The first-order valence-electron chi connectivity index (χ1n) is 10.4. The van der Waals surface area contributed by atoms with E-state index in [1.54, 1.807) is 19.9 Å². The smallest absolute Gasteiger partial charge is 0.338 e. The first-order valence-corrected chi connectivity index (χ1v) is 10.8. The molecule has 0 bridgehead atoms. The lowest BCUT2D eigenvalue weighted by Gasteiger charge is -2.32. The van der Waals surface area contributed by atoms with Gasteiger partial charge in [0.25, 0.3) is 0 Å². The zero-order valence-electron chi connectivity index (χ0n) is 17.8. The number of esters is 1. The predicted molar refractivity (Wildman–Crippen MR) is 122 cm³/mol. The molecule has 2 unspecified atom stereocenters. The average molecular weight is 455 g/mol. The van der Waals surface area contributed by atoms with E-state index in [2.05, 4.69) is 27.7 Å². The van der Waals surface area contributed by atoms with Crippen molar-refractivity contribution < 1.29 is 13.9 Å². The first-order chi connectivity index (χ1) is 15.5. The van der Waals surface area contributed by atoms with Gasteiger partial charge in [0, 0.05) is 35.2 Å². The van der Waals surface area contributed by atoms with E-state index in [0.717, 1.165) is 5.56 Å². The Morgan fingerprint density at radius 2 is 2.03 bits per heavy atom. The Morgan fingerprint density at radius 1 is 1.25 bits per heavy atom. The molecule has 2 atom stereocenters. The van der Waals surface area contributed by atoms with Crippen LogP contribution in [-0.2, 0) is 16.1 Å². The molecular weight excluding hydrogens is 431 g/mol. The maximum absolute atomic E-state index is 13.7. The summed E-state index contributed by atoms with van der Waals surface area (Å²) in [6.45, 7) is 4.45. The van der Waals surface area contributed by atoms with Crippen LogP contribution in [0.25, 0.3) is 0 Å². The van der Waals surface area contributed by atoms with Gasteiger partial charge in [-0.15, -0.1) is 0 Å². The molecule has 2 aromatic rings. The lowest BCUT2D eigenvalue weighted by molar-refractivity contribution is -0.138. The number of carbonyl (C=O) groups is 1. The maximum atomic E-state index is 13.7. The van der Waals surface area contributed by atoms with Gasteiger partial charge in [0.15, 0.2) is 6.17 Å². The SMILES string of the molecule is CCOC(=O)C1=C(C)NC(C2NC=CN2Cc2ccccc2)=NC1c1ccc(F)cc1Cl. The molecule has 166 valence electrons. The number of rotatable bonds is 6. The minimum absolute atomic E-state index is 0.202. The third-order valence-corrected chi connectivity index (χ3v) is 5.66. The molecule has 0 saturated carbocycles. The van der Waals surface area contributed by atoms with Crippen LogP contribution in [-0.4, -0.2) is 29.5 Å². The third-order valence-electron chi connectivity index (χ3n) is 5.33. The topological polar surface area (TPSA) is 66.0 Å². The molecule has 0 spiro atoms. The van der Waals surface area contributed by atoms with Gasteiger partial charge in [0.05, 0.1) is 12.2 Å². The second-order valence-electron chi connectivity index (χ2n) is 7.51. The number of aliphatic imine (C=N–C) groups is 1. The number of nitrogens with one attached hydrogen (secondary N) is 2. The zero-order valence-corrected chi connectivity index (χ0v) is 18.6. The molecule has 8 heteroatoms. The second-order valence-corrected chi connectivity index (χ2v) is 7.92. The standard InChI is InChI=1S/C24H24ClFN4O2/c1-3-32-24(31)20-15(2)28-22(29-21(20)18-10-9-17(26)13-19(18)25)23-27-11-12-30(23)14-16-7-5-4-6-8-16/h4-13,21,23,27H,3,14H2,1-2H3,(H,28,29). The van der Waals surface area contributed by atoms with Crippen molar-refractivity contribution in [3.8, 4) is 0 Å². The van der Waals surface area contributed by atoms with Crippen molar-refractivity contribution in [2.45, 2.75) is 32.6 Å². The lowest BCUT2D eigenvalue weighted by atomic mass is 9.95. The fraction of sp³-hybridized carbons (Fsp3) is 0.250. The van der Waals surface area contributed by atoms with Crippen molar-refractivity contribution in [3.63, 3.8) is 0 Å². The number of hydrogen-bond acceptors (Lipinski definition) is 6. The van der Waals surface area contributed by atoms with Crippen molar-refractivity contribution in [3.05, 3.63) is 94.2 Å². The molecule has 0 amide bonds. The van der Waals surface area contributed by atoms with Gasteiger partial charge in [0.1, 0.15) is 17.7 Å². The number of hydrogen-bond donors (Lipinski definition) is 2. The van der Waals surface area contributed by atoms with Gasteiger partial charge in [0.2, 0.25) is 0 Å². The van der Waals surface area contributed by atoms with Gasteiger partial charge in [-0.05, 0) is 31.5 Å². The van der Waals surface area contributed by atoms with E-state index in [1.807, 2.05) is 30.6 Å². The van der Waals surface area contributed by atoms with Gasteiger partial charge in [-0.25, -0.2) is 9.18 Å². The minimum atomic E-state index is -0.723. The molecule has 2 aromatic carbocycles. The van der Waals surface area contributed by atoms with E-state index in [4.69, 9.17) is 21.3 Å². The summed E-state index contributed by atoms with van der Waals surface area (Å²) in [7, 11) is 0. The summed E-state index contributed by atoms with van der Waals surface area (Å²) in [5.41, 5.74) is 2.66. The summed E-state index contributed by atoms with van der Waals surface area (Å²) in [5, 5.41) is 6.77. The number of carbonyl (C=O) groups excluding carboxylic acids is 1. The molecule has 2 aliphatic heterocycles. The molecule has 0 aliphatic carbocycles. The fourth-order valence-corrected chi connectivity index (χ4v) is 4.12. The number of nitrogens with zero attached hydrogens (tertiary/aromatic N) is 2. The molecule has 0 saturated heterocycles. The Hall–Kier alpha value is -3.32. The Balaban J connectivity index is 1.69. The monoisotopic (exact) mass is 454 g/mol. The number of halogens is 2. The van der Waals surface area contributed by atoms with Crippen LogP contribution in [0.3, 0.4) is 0 Å². The van der Waals surface area contributed by atoms with Gasteiger partial charge >= 0.3 is 5.97 Å². The van der Waals surface area contributed by atoms with Crippen molar-refractivity contribution in [1.82, 2.24) is 15.5 Å². The Morgan fingerprint density at radius 3 is 2.75 bits per heavy atom. The van der Waals surface area contributed by atoms with E-state index in [0.29, 0.717) is 29.2 Å². The van der Waals surface area contributed by atoms with Crippen LogP contribution in [0.5, 0.6) is 0 Å². The summed E-state index contributed by atoms with van der Waals surface area (Å²) in [4.78, 5) is 19.7. The quantitative estimate of drug-likeness (QED) is 0.638. The van der Waals surface area contributed by atoms with Crippen LogP contribution in [0.1, 0.15) is 31.0 Å². The first kappa shape index (κ1) is 21.9. The van der Waals surface area contributed by atoms with Gasteiger partial charge in [-0.3, -0.25) is 4.99 Å². The van der Waals surface area contributed by atoms with Gasteiger partial charge in [-0.1, -0.05) is 48.0 Å². The largest absolute Gasteiger partial charge is 0.463 e. The number of allylic oxidation sites excluding steroid dienone is 1. The van der Waals surface area contributed by atoms with Crippen molar-refractivity contribution in [2.24, 2.45) is 4.99 Å². The Labute approximate surface area is 191 Å². The summed E-state index contributed by atoms with van der Waals surface area (Å²) >= 11 is 6.36. The molecule has 2 N–H and O–H groups in total. The van der Waals surface area contributed by atoms with E-state index in [9.17, 15) is 9.18 Å². The maximum Gasteiger partial charge on any atom is 0.338 e. The van der Waals surface area contributed by atoms with Crippen LogP contribution in [0.4, 0.5) is 4.39 Å². The number of ether oxygens (including phenoxy) is 1. The molecule has 2 heterocycles. The highest BCUT2D eigenvalue weighted by molar-refractivity contribution is 6.31. The lowest BCUT2D eigenvalue weighted by Crippen LogP contribution is -2.50. The fourth-order valence-electron chi connectivity index (χ4n) is 3.85. The highest BCUT2D eigenvalue weighted by Crippen LogP contribution is 2.36. The molecular formula is C24H24ClFN4O2. The van der Waals surface area contributed by atoms with Crippen LogP contribution in [0.15, 0.2) is 77.2 Å². The molecule has 0 radical (unpaired) electrons. The highest BCUT2D eigenvalue weighted by Gasteiger charge is 2.35. The summed E-state index contributed by atoms with van der Waals surface area (Å²) in [5.74, 6) is -0.308. The molecule has 2 aliphatic rings. The van der Waals surface area contributed by atoms with Crippen molar-refractivity contribution >= 4 is 23.4 Å². The van der Waals surface area contributed by atoms with Crippen molar-refractivity contribution in [2.75, 3.05) is 6.61 Å². The van der Waals surface area contributed by atoms with Crippen LogP contribution >= 0.6 is 11.6 Å². The number of benzene rings is 2. The van der Waals surface area contributed by atoms with Crippen LogP contribution < -0.4 is 10.6 Å². The van der Waals surface area contributed by atoms with E-state index in [1.165, 1.54) is 12.1 Å². The van der Waals surface area contributed by atoms with E-state index >= 15 is 0 Å². The number of amidine groups is 1. The van der Waals surface area contributed by atoms with Crippen LogP contribution in [0.2, 0.25) is 5.02 Å². The summed E-state index contributed by atoms with van der Waals surface area (Å²) in [6, 6.07) is 13.5. The van der Waals surface area contributed by atoms with Crippen molar-refractivity contribution in [1.29, 1.82) is 0 Å². The molecule has 0 aromatic heterocycles. The Bertz CT molecular complexity index is 1100. The van der Waals surface area contributed by atoms with Crippen LogP contribution in [0, 0.1) is 5.82 Å². The van der Waals surface area contributed by atoms with E-state index < -0.39 is 17.8 Å². The van der Waals surface area contributed by atoms with Gasteiger partial charge in [-0.2, -0.15) is 0 Å². The molecule has 32 heavy (non-hydrogen) atoms. The summed E-state index contributed by atoms with van der Waals surface area (Å²) in [6.07, 6.45) is 3.55. The van der Waals surface area contributed by atoms with Gasteiger partial charge < -0.3 is 20.3 Å². The second kappa shape index (κ2) is 9.44. The third kappa shape index (κ3) is 4.48. The molecule has 0 fully saturated rings. The zero-order chi connectivity index (χ0) is 22.7. The highest BCUT2D eigenvalue weighted by atomic mass is 35.5. The van der Waals surface area contributed by atoms with E-state index in [-0.39, 0.29) is 17.8 Å². The summed E-state index contributed by atoms with van der Waals surface area (Å²) < 4.78 is 19.0. The normalized spacial score (nSPS) is 20.0. The Kier molecular flexibility index (Phi) is 6.46. The minimum Gasteiger partial charge on any atom is -0.463 e. The molecule has 4 rings (SSSR count).